The van der Waals surface area contributed by atoms with Crippen LogP contribution in [-0.2, 0) is 4.79 Å². The maximum Gasteiger partial charge on any atom is 0.185 e. The van der Waals surface area contributed by atoms with Crippen LogP contribution in [0.15, 0.2) is 30.6 Å². The molecule has 1 heterocycles. The van der Waals surface area contributed by atoms with Gasteiger partial charge in [0.15, 0.2) is 5.12 Å². The van der Waals surface area contributed by atoms with Crippen LogP contribution in [0.25, 0.3) is 11.0 Å². The van der Waals surface area contributed by atoms with Crippen molar-refractivity contribution in [3.63, 3.8) is 0 Å². The van der Waals surface area contributed by atoms with E-state index in [1.54, 1.807) is 30.6 Å². The van der Waals surface area contributed by atoms with Gasteiger partial charge >= 0.3 is 0 Å². The van der Waals surface area contributed by atoms with Crippen LogP contribution in [0.1, 0.15) is 25.0 Å². The summed E-state index contributed by atoms with van der Waals surface area (Å²) >= 11 is 1.14. The van der Waals surface area contributed by atoms with Gasteiger partial charge in [0.25, 0.3) is 0 Å². The van der Waals surface area contributed by atoms with Crippen LogP contribution in [0.2, 0.25) is 0 Å². The summed E-state index contributed by atoms with van der Waals surface area (Å²) in [5.41, 5.74) is 2.01. The first kappa shape index (κ1) is 14.9. The fraction of sp³-hybridized carbons (Fsp3) is 0.357. The third kappa shape index (κ3) is 3.75. The van der Waals surface area contributed by atoms with E-state index < -0.39 is 12.2 Å². The molecule has 20 heavy (non-hydrogen) atoms. The average molecular weight is 292 g/mol. The number of nitrogens with zero attached hydrogens (tertiary/aromatic N) is 2. The van der Waals surface area contributed by atoms with E-state index in [-0.39, 0.29) is 5.12 Å². The quantitative estimate of drug-likeness (QED) is 0.872. The van der Waals surface area contributed by atoms with Gasteiger partial charge < -0.3 is 10.2 Å². The van der Waals surface area contributed by atoms with E-state index in [1.165, 1.54) is 6.92 Å². The molecule has 6 heteroatoms. The van der Waals surface area contributed by atoms with Crippen LogP contribution in [0.5, 0.6) is 0 Å². The molecule has 106 valence electrons. The van der Waals surface area contributed by atoms with Gasteiger partial charge in [-0.2, -0.15) is 0 Å². The zero-order valence-corrected chi connectivity index (χ0v) is 11.9. The monoisotopic (exact) mass is 292 g/mol. The van der Waals surface area contributed by atoms with Gasteiger partial charge in [-0.25, -0.2) is 0 Å². The second-order valence-electron chi connectivity index (χ2n) is 4.45. The molecule has 0 aliphatic rings. The Morgan fingerprint density at radius 3 is 2.65 bits per heavy atom. The van der Waals surface area contributed by atoms with E-state index in [4.69, 9.17) is 0 Å². The Balaban J connectivity index is 2.06. The number of fused-ring (bicyclic) bond motifs is 1. The summed E-state index contributed by atoms with van der Waals surface area (Å²) in [6, 6.07) is 5.20. The molecule has 0 saturated heterocycles. The van der Waals surface area contributed by atoms with Crippen molar-refractivity contribution in [2.24, 2.45) is 0 Å². The van der Waals surface area contributed by atoms with Gasteiger partial charge in [-0.3, -0.25) is 14.8 Å². The van der Waals surface area contributed by atoms with Crippen molar-refractivity contribution >= 4 is 27.9 Å². The Bertz CT molecular complexity index is 606. The number of aliphatic hydroxyl groups is 2. The highest BCUT2D eigenvalue weighted by Gasteiger charge is 2.18. The SMILES string of the molecule is CC(=O)SCCC(O)C(O)c1ccc2nccnc2c1. The number of hydrogen-bond donors (Lipinski definition) is 2. The number of hydrogen-bond acceptors (Lipinski definition) is 6. The first-order valence-electron chi connectivity index (χ1n) is 6.28. The predicted molar refractivity (Wildman–Crippen MR) is 78.3 cm³/mol. The van der Waals surface area contributed by atoms with E-state index in [0.717, 1.165) is 17.3 Å². The first-order valence-corrected chi connectivity index (χ1v) is 7.26. The zero-order valence-electron chi connectivity index (χ0n) is 11.1. The van der Waals surface area contributed by atoms with E-state index >= 15 is 0 Å². The third-order valence-corrected chi connectivity index (χ3v) is 3.76. The highest BCUT2D eigenvalue weighted by atomic mass is 32.2. The van der Waals surface area contributed by atoms with Crippen molar-refractivity contribution in [2.45, 2.75) is 25.6 Å². The van der Waals surface area contributed by atoms with Crippen LogP contribution in [0.4, 0.5) is 0 Å². The minimum absolute atomic E-state index is 0.00710. The summed E-state index contributed by atoms with van der Waals surface area (Å²) < 4.78 is 0. The topological polar surface area (TPSA) is 83.3 Å². The first-order chi connectivity index (χ1) is 9.58. The van der Waals surface area contributed by atoms with Gasteiger partial charge in [0.2, 0.25) is 0 Å². The van der Waals surface area contributed by atoms with E-state index in [9.17, 15) is 15.0 Å². The molecule has 0 radical (unpaired) electrons. The second kappa shape index (κ2) is 6.78. The molecule has 2 unspecified atom stereocenters. The lowest BCUT2D eigenvalue weighted by atomic mass is 10.0. The third-order valence-electron chi connectivity index (χ3n) is 2.92. The number of aliphatic hydroxyl groups excluding tert-OH is 2. The van der Waals surface area contributed by atoms with Gasteiger partial charge in [-0.05, 0) is 24.1 Å². The van der Waals surface area contributed by atoms with Crippen molar-refractivity contribution < 1.29 is 15.0 Å². The van der Waals surface area contributed by atoms with Crippen molar-refractivity contribution in [1.29, 1.82) is 0 Å². The molecule has 1 aromatic heterocycles. The molecule has 2 rings (SSSR count). The molecule has 2 atom stereocenters. The van der Waals surface area contributed by atoms with Crippen molar-refractivity contribution in [1.82, 2.24) is 9.97 Å². The second-order valence-corrected chi connectivity index (χ2v) is 5.72. The molecule has 0 spiro atoms. The largest absolute Gasteiger partial charge is 0.390 e. The molecule has 2 N–H and O–H groups in total. The molecule has 0 saturated carbocycles. The normalized spacial score (nSPS) is 14.2. The van der Waals surface area contributed by atoms with Crippen LogP contribution in [0, 0.1) is 0 Å². The standard InChI is InChI=1S/C14H16N2O3S/c1-9(17)20-7-4-13(18)14(19)10-2-3-11-12(8-10)16-6-5-15-11/h2-3,5-6,8,13-14,18-19H,4,7H2,1H3. The summed E-state index contributed by atoms with van der Waals surface area (Å²) in [4.78, 5) is 19.1. The Labute approximate surface area is 121 Å². The van der Waals surface area contributed by atoms with E-state index in [1.807, 2.05) is 0 Å². The number of aromatic nitrogens is 2. The average Bonchev–Trinajstić information content (AvgIpc) is 2.45. The van der Waals surface area contributed by atoms with Crippen molar-refractivity contribution in [3.05, 3.63) is 36.2 Å². The molecule has 2 aromatic rings. The molecule has 0 aliphatic heterocycles. The van der Waals surface area contributed by atoms with Gasteiger partial charge in [0, 0.05) is 25.1 Å². The molecule has 1 aromatic carbocycles. The predicted octanol–water partition coefficient (Wildman–Crippen LogP) is 1.69. The lowest BCUT2D eigenvalue weighted by Gasteiger charge is -2.18. The summed E-state index contributed by atoms with van der Waals surface area (Å²) in [7, 11) is 0. The summed E-state index contributed by atoms with van der Waals surface area (Å²) in [6.07, 6.45) is 1.64. The Hall–Kier alpha value is -1.50. The van der Waals surface area contributed by atoms with E-state index in [2.05, 4.69) is 9.97 Å². The number of benzene rings is 1. The maximum absolute atomic E-state index is 10.8. The summed E-state index contributed by atoms with van der Waals surface area (Å²) in [5.74, 6) is 0.487. The van der Waals surface area contributed by atoms with Crippen molar-refractivity contribution in [3.8, 4) is 0 Å². The van der Waals surface area contributed by atoms with Gasteiger partial charge in [0.05, 0.1) is 17.1 Å². The van der Waals surface area contributed by atoms with Crippen LogP contribution >= 0.6 is 11.8 Å². The number of thioether (sulfide) groups is 1. The Kier molecular flexibility index (Phi) is 5.05. The summed E-state index contributed by atoms with van der Waals surface area (Å²) in [5, 5.41) is 20.1. The zero-order chi connectivity index (χ0) is 14.5. The Morgan fingerprint density at radius 1 is 1.25 bits per heavy atom. The minimum atomic E-state index is -0.992. The highest BCUT2D eigenvalue weighted by molar-refractivity contribution is 8.13. The van der Waals surface area contributed by atoms with Crippen LogP contribution < -0.4 is 0 Å². The molecule has 5 nitrogen and oxygen atoms in total. The fourth-order valence-electron chi connectivity index (χ4n) is 1.87. The number of carbonyl (C=O) groups excluding carboxylic acids is 1. The Morgan fingerprint density at radius 2 is 1.95 bits per heavy atom. The van der Waals surface area contributed by atoms with E-state index in [0.29, 0.717) is 23.3 Å². The molecule has 0 amide bonds. The maximum atomic E-state index is 10.8. The lowest BCUT2D eigenvalue weighted by Crippen LogP contribution is -2.19. The smallest absolute Gasteiger partial charge is 0.185 e. The molecule has 0 bridgehead atoms. The molecule has 0 fully saturated rings. The van der Waals surface area contributed by atoms with Crippen LogP contribution in [0.3, 0.4) is 0 Å². The molecule has 0 aliphatic carbocycles. The highest BCUT2D eigenvalue weighted by Crippen LogP contribution is 2.23. The molecular formula is C14H16N2O3S. The number of carbonyl (C=O) groups is 1. The molecular weight excluding hydrogens is 276 g/mol. The van der Waals surface area contributed by atoms with Crippen molar-refractivity contribution in [2.75, 3.05) is 5.75 Å². The number of rotatable bonds is 5. The van der Waals surface area contributed by atoms with Gasteiger partial charge in [0.1, 0.15) is 6.10 Å². The summed E-state index contributed by atoms with van der Waals surface area (Å²) in [6.45, 7) is 1.48. The van der Waals surface area contributed by atoms with Gasteiger partial charge in [-0.15, -0.1) is 0 Å². The van der Waals surface area contributed by atoms with Gasteiger partial charge in [-0.1, -0.05) is 17.8 Å². The fourth-order valence-corrected chi connectivity index (χ4v) is 2.51. The lowest BCUT2D eigenvalue weighted by molar-refractivity contribution is -0.109. The minimum Gasteiger partial charge on any atom is -0.390 e. The van der Waals surface area contributed by atoms with Crippen LogP contribution in [-0.4, -0.2) is 37.2 Å².